The number of methoxy groups -OCH3 is 2. The Hall–Kier alpha value is -2.24. The fourth-order valence-electron chi connectivity index (χ4n) is 2.60. The number of ether oxygens (including phenoxy) is 2. The largest absolute Gasteiger partial charge is 0.493 e. The quantitative estimate of drug-likeness (QED) is 0.705. The fourth-order valence-corrected chi connectivity index (χ4v) is 2.73. The molecule has 2 aromatic carbocycles. The van der Waals surface area contributed by atoms with Crippen molar-refractivity contribution in [2.75, 3.05) is 39.7 Å². The van der Waals surface area contributed by atoms with Crippen LogP contribution in [0.5, 0.6) is 11.5 Å². The lowest BCUT2D eigenvalue weighted by molar-refractivity contribution is -0.878. The molecule has 2 aromatic rings. The number of quaternary nitrogens is 1. The van der Waals surface area contributed by atoms with Gasteiger partial charge in [0.2, 0.25) is 5.91 Å². The molecule has 0 bridgehead atoms. The first-order valence-corrected chi connectivity index (χ1v) is 8.97. The number of hydrogen-bond acceptors (Lipinski definition) is 3. The molecule has 0 aliphatic heterocycles. The minimum Gasteiger partial charge on any atom is -0.493 e. The second-order valence-corrected chi connectivity index (χ2v) is 6.64. The van der Waals surface area contributed by atoms with E-state index in [1.807, 2.05) is 18.2 Å². The SMILES string of the molecule is COc1ccc(CC[NH+](C)CCC(=O)Nc2ccc(Cl)cc2)cc1OC. The van der Waals surface area contributed by atoms with E-state index in [0.29, 0.717) is 11.4 Å². The average Bonchev–Trinajstić information content (AvgIpc) is 2.66. The van der Waals surface area contributed by atoms with Gasteiger partial charge in [0, 0.05) is 17.1 Å². The summed E-state index contributed by atoms with van der Waals surface area (Å²) < 4.78 is 10.6. The molecule has 0 saturated heterocycles. The van der Waals surface area contributed by atoms with Crippen LogP contribution in [0.4, 0.5) is 5.69 Å². The highest BCUT2D eigenvalue weighted by Crippen LogP contribution is 2.27. The molecule has 0 aromatic heterocycles. The standard InChI is InChI=1S/C20H25ClN2O3/c1-23(12-10-15-4-9-18(25-2)19(14-15)26-3)13-11-20(24)22-17-7-5-16(21)6-8-17/h4-9,14H,10-13H2,1-3H3,(H,22,24)/p+1. The number of carbonyl (C=O) groups is 1. The van der Waals surface area contributed by atoms with Crippen LogP contribution >= 0.6 is 11.6 Å². The van der Waals surface area contributed by atoms with Gasteiger partial charge in [-0.1, -0.05) is 17.7 Å². The molecule has 5 nitrogen and oxygen atoms in total. The molecule has 0 spiro atoms. The minimum atomic E-state index is 0.0118. The van der Waals surface area contributed by atoms with E-state index >= 15 is 0 Å². The molecule has 0 aliphatic rings. The summed E-state index contributed by atoms with van der Waals surface area (Å²) in [5, 5.41) is 3.54. The predicted molar refractivity (Wildman–Crippen MR) is 105 cm³/mol. The molecular weight excluding hydrogens is 352 g/mol. The van der Waals surface area contributed by atoms with Crippen molar-refractivity contribution in [1.29, 1.82) is 0 Å². The van der Waals surface area contributed by atoms with E-state index in [4.69, 9.17) is 21.1 Å². The van der Waals surface area contributed by atoms with Crippen LogP contribution in [-0.2, 0) is 11.2 Å². The third-order valence-electron chi connectivity index (χ3n) is 4.20. The molecule has 0 saturated carbocycles. The van der Waals surface area contributed by atoms with E-state index < -0.39 is 0 Å². The second-order valence-electron chi connectivity index (χ2n) is 6.20. The monoisotopic (exact) mass is 377 g/mol. The predicted octanol–water partition coefficient (Wildman–Crippen LogP) is 2.44. The molecule has 0 heterocycles. The van der Waals surface area contributed by atoms with Crippen LogP contribution in [0.2, 0.25) is 5.02 Å². The third-order valence-corrected chi connectivity index (χ3v) is 4.45. The number of carbonyl (C=O) groups excluding carboxylic acids is 1. The van der Waals surface area contributed by atoms with E-state index in [1.54, 1.807) is 38.5 Å². The summed E-state index contributed by atoms with van der Waals surface area (Å²) >= 11 is 5.84. The van der Waals surface area contributed by atoms with Gasteiger partial charge >= 0.3 is 0 Å². The Morgan fingerprint density at radius 1 is 1.04 bits per heavy atom. The summed E-state index contributed by atoms with van der Waals surface area (Å²) in [4.78, 5) is 13.3. The van der Waals surface area contributed by atoms with E-state index in [1.165, 1.54) is 10.5 Å². The highest BCUT2D eigenvalue weighted by molar-refractivity contribution is 6.30. The zero-order valence-electron chi connectivity index (χ0n) is 15.5. The van der Waals surface area contributed by atoms with Crippen molar-refractivity contribution >= 4 is 23.2 Å². The number of likely N-dealkylation sites (N-methyl/N-ethyl adjacent to an activating group) is 1. The van der Waals surface area contributed by atoms with Gasteiger partial charge in [0.1, 0.15) is 0 Å². The van der Waals surface area contributed by atoms with Gasteiger partial charge in [0.05, 0.1) is 40.8 Å². The van der Waals surface area contributed by atoms with Crippen molar-refractivity contribution in [1.82, 2.24) is 0 Å². The van der Waals surface area contributed by atoms with Crippen molar-refractivity contribution in [2.45, 2.75) is 12.8 Å². The maximum Gasteiger partial charge on any atom is 0.230 e. The van der Waals surface area contributed by atoms with Crippen molar-refractivity contribution in [2.24, 2.45) is 0 Å². The third kappa shape index (κ3) is 6.24. The van der Waals surface area contributed by atoms with Gasteiger partial charge in [0.25, 0.3) is 0 Å². The molecule has 0 fully saturated rings. The summed E-state index contributed by atoms with van der Waals surface area (Å²) in [6.07, 6.45) is 1.38. The Kier molecular flexibility index (Phi) is 7.75. The van der Waals surface area contributed by atoms with Crippen LogP contribution < -0.4 is 19.7 Å². The lowest BCUT2D eigenvalue weighted by atomic mass is 10.1. The van der Waals surface area contributed by atoms with Gasteiger partial charge < -0.3 is 19.7 Å². The lowest BCUT2D eigenvalue weighted by Gasteiger charge is -2.15. The maximum atomic E-state index is 12.0. The van der Waals surface area contributed by atoms with Gasteiger partial charge in [-0.2, -0.15) is 0 Å². The van der Waals surface area contributed by atoms with Gasteiger partial charge in [-0.25, -0.2) is 0 Å². The maximum absolute atomic E-state index is 12.0. The molecule has 140 valence electrons. The van der Waals surface area contributed by atoms with Crippen LogP contribution in [0.25, 0.3) is 0 Å². The summed E-state index contributed by atoms with van der Waals surface area (Å²) in [5.74, 6) is 1.48. The number of hydrogen-bond donors (Lipinski definition) is 2. The number of nitrogens with one attached hydrogen (secondary N) is 2. The van der Waals surface area contributed by atoms with Crippen LogP contribution in [0.15, 0.2) is 42.5 Å². The smallest absolute Gasteiger partial charge is 0.230 e. The van der Waals surface area contributed by atoms with Crippen LogP contribution in [0, 0.1) is 0 Å². The highest BCUT2D eigenvalue weighted by Gasteiger charge is 2.10. The van der Waals surface area contributed by atoms with Gasteiger partial charge in [0.15, 0.2) is 11.5 Å². The zero-order chi connectivity index (χ0) is 18.9. The van der Waals surface area contributed by atoms with Crippen molar-refractivity contribution in [3.8, 4) is 11.5 Å². The number of halogens is 1. The van der Waals surface area contributed by atoms with Gasteiger partial charge in [-0.05, 0) is 42.0 Å². The molecular formula is C20H26ClN2O3+. The molecule has 1 unspecified atom stereocenters. The van der Waals surface area contributed by atoms with E-state index in [9.17, 15) is 4.79 Å². The number of anilines is 1. The molecule has 6 heteroatoms. The Balaban J connectivity index is 1.75. The molecule has 26 heavy (non-hydrogen) atoms. The van der Waals surface area contributed by atoms with Crippen molar-refractivity contribution < 1.29 is 19.2 Å². The molecule has 2 rings (SSSR count). The Morgan fingerprint density at radius 2 is 1.73 bits per heavy atom. The molecule has 0 aliphatic carbocycles. The van der Waals surface area contributed by atoms with E-state index in [0.717, 1.165) is 36.7 Å². The highest BCUT2D eigenvalue weighted by atomic mass is 35.5. The lowest BCUT2D eigenvalue weighted by Crippen LogP contribution is -3.09. The van der Waals surface area contributed by atoms with E-state index in [-0.39, 0.29) is 5.91 Å². The fraction of sp³-hybridized carbons (Fsp3) is 0.350. The number of amides is 1. The first kappa shape index (κ1) is 20.1. The zero-order valence-corrected chi connectivity index (χ0v) is 16.2. The first-order chi connectivity index (χ1) is 12.5. The molecule has 0 radical (unpaired) electrons. The van der Waals surface area contributed by atoms with Gasteiger partial charge in [-0.3, -0.25) is 4.79 Å². The van der Waals surface area contributed by atoms with Crippen LogP contribution in [-0.4, -0.2) is 40.3 Å². The van der Waals surface area contributed by atoms with Crippen molar-refractivity contribution in [3.63, 3.8) is 0 Å². The first-order valence-electron chi connectivity index (χ1n) is 8.59. The summed E-state index contributed by atoms with van der Waals surface area (Å²) in [6.45, 7) is 1.70. The van der Waals surface area contributed by atoms with Crippen molar-refractivity contribution in [3.05, 3.63) is 53.1 Å². The molecule has 1 amide bonds. The molecule has 1 atom stereocenters. The normalized spacial score (nSPS) is 11.7. The average molecular weight is 378 g/mol. The summed E-state index contributed by atoms with van der Waals surface area (Å²) in [7, 11) is 5.36. The number of rotatable bonds is 9. The Labute approximate surface area is 159 Å². The van der Waals surface area contributed by atoms with Gasteiger partial charge in [-0.15, -0.1) is 0 Å². The summed E-state index contributed by atoms with van der Waals surface area (Å²) in [5.41, 5.74) is 1.95. The number of benzene rings is 2. The second kappa shape index (κ2) is 10.0. The molecule has 2 N–H and O–H groups in total. The van der Waals surface area contributed by atoms with E-state index in [2.05, 4.69) is 12.4 Å². The van der Waals surface area contributed by atoms with Crippen LogP contribution in [0.1, 0.15) is 12.0 Å². The topological polar surface area (TPSA) is 52.0 Å². The Morgan fingerprint density at radius 3 is 2.38 bits per heavy atom. The minimum absolute atomic E-state index is 0.0118. The van der Waals surface area contributed by atoms with Crippen LogP contribution in [0.3, 0.4) is 0 Å². The Bertz CT molecular complexity index is 719. The summed E-state index contributed by atoms with van der Waals surface area (Å²) in [6, 6.07) is 13.1.